The summed E-state index contributed by atoms with van der Waals surface area (Å²) >= 11 is 0. The van der Waals surface area contributed by atoms with E-state index in [1.807, 2.05) is 39.5 Å². The van der Waals surface area contributed by atoms with Crippen LogP contribution in [0.15, 0.2) is 0 Å². The van der Waals surface area contributed by atoms with Crippen LogP contribution in [0.3, 0.4) is 0 Å². The minimum Gasteiger partial charge on any atom is -0.444 e. The highest BCUT2D eigenvalue weighted by molar-refractivity contribution is 5.78. The Balaban J connectivity index is 2.61. The van der Waals surface area contributed by atoms with E-state index in [4.69, 9.17) is 10.5 Å². The smallest absolute Gasteiger partial charge is 0.410 e. The number of hydrogen-bond donors (Lipinski definition) is 2. The van der Waals surface area contributed by atoms with Gasteiger partial charge >= 0.3 is 6.09 Å². The lowest BCUT2D eigenvalue weighted by Gasteiger charge is -2.40. The number of amides is 2. The van der Waals surface area contributed by atoms with Gasteiger partial charge in [-0.25, -0.2) is 4.79 Å². The van der Waals surface area contributed by atoms with Crippen molar-refractivity contribution in [3.05, 3.63) is 0 Å². The van der Waals surface area contributed by atoms with Crippen molar-refractivity contribution in [2.24, 2.45) is 5.73 Å². The molecule has 0 aromatic carbocycles. The second-order valence-corrected chi connectivity index (χ2v) is 7.26. The molecule has 6 nitrogen and oxygen atoms in total. The lowest BCUT2D eigenvalue weighted by Crippen LogP contribution is -2.50. The maximum atomic E-state index is 12.4. The van der Waals surface area contributed by atoms with Crippen LogP contribution in [0.4, 0.5) is 4.79 Å². The Hall–Kier alpha value is -1.30. The Morgan fingerprint density at radius 1 is 1.23 bits per heavy atom. The van der Waals surface area contributed by atoms with Crippen molar-refractivity contribution < 1.29 is 14.3 Å². The standard InChI is InChI=1S/C16H31N3O3/c1-11(2)19(15(21)22-16(3,4)5)13-8-6-12(7-9-13)18-14(20)10-17/h11-13H,6-10,17H2,1-5H3,(H,18,20). The zero-order valence-electron chi connectivity index (χ0n) is 14.5. The van der Waals surface area contributed by atoms with E-state index in [0.717, 1.165) is 25.7 Å². The molecule has 0 aromatic heterocycles. The molecule has 0 unspecified atom stereocenters. The zero-order chi connectivity index (χ0) is 16.9. The SMILES string of the molecule is CC(C)N(C(=O)OC(C)(C)C)C1CCC(NC(=O)CN)CC1. The minimum atomic E-state index is -0.490. The molecule has 22 heavy (non-hydrogen) atoms. The fourth-order valence-electron chi connectivity index (χ4n) is 2.88. The molecule has 128 valence electrons. The molecule has 0 spiro atoms. The summed E-state index contributed by atoms with van der Waals surface area (Å²) in [6.45, 7) is 9.67. The van der Waals surface area contributed by atoms with E-state index >= 15 is 0 Å². The molecule has 1 saturated carbocycles. The number of nitrogens with two attached hydrogens (primary N) is 1. The van der Waals surface area contributed by atoms with Gasteiger partial charge in [0.2, 0.25) is 5.91 Å². The van der Waals surface area contributed by atoms with Crippen molar-refractivity contribution in [3.8, 4) is 0 Å². The maximum Gasteiger partial charge on any atom is 0.410 e. The van der Waals surface area contributed by atoms with Gasteiger partial charge in [0.15, 0.2) is 0 Å². The van der Waals surface area contributed by atoms with E-state index in [0.29, 0.717) is 0 Å². The Kier molecular flexibility index (Phi) is 6.66. The molecule has 1 fully saturated rings. The van der Waals surface area contributed by atoms with E-state index in [1.165, 1.54) is 0 Å². The molecule has 3 N–H and O–H groups in total. The van der Waals surface area contributed by atoms with Crippen LogP contribution in [0.25, 0.3) is 0 Å². The molecule has 1 aliphatic rings. The fraction of sp³-hybridized carbons (Fsp3) is 0.875. The van der Waals surface area contributed by atoms with Crippen LogP contribution in [0.5, 0.6) is 0 Å². The van der Waals surface area contributed by atoms with E-state index < -0.39 is 5.60 Å². The first kappa shape index (κ1) is 18.7. The molecule has 2 amide bonds. The summed E-state index contributed by atoms with van der Waals surface area (Å²) in [7, 11) is 0. The van der Waals surface area contributed by atoms with Crippen LogP contribution >= 0.6 is 0 Å². The summed E-state index contributed by atoms with van der Waals surface area (Å²) in [5, 5.41) is 2.93. The normalized spacial score (nSPS) is 22.3. The van der Waals surface area contributed by atoms with Gasteiger partial charge in [0.05, 0.1) is 6.54 Å². The van der Waals surface area contributed by atoms with Crippen LogP contribution in [0, 0.1) is 0 Å². The molecule has 0 saturated heterocycles. The number of nitrogens with zero attached hydrogens (tertiary/aromatic N) is 1. The first-order chi connectivity index (χ1) is 10.1. The molecular weight excluding hydrogens is 282 g/mol. The van der Waals surface area contributed by atoms with E-state index in [9.17, 15) is 9.59 Å². The first-order valence-corrected chi connectivity index (χ1v) is 8.14. The van der Waals surface area contributed by atoms with Gasteiger partial charge < -0.3 is 20.7 Å². The first-order valence-electron chi connectivity index (χ1n) is 8.14. The van der Waals surface area contributed by atoms with Gasteiger partial charge in [-0.1, -0.05) is 0 Å². The average Bonchev–Trinajstić information content (AvgIpc) is 2.38. The molecule has 0 atom stereocenters. The van der Waals surface area contributed by atoms with Gasteiger partial charge in [0.1, 0.15) is 5.60 Å². The highest BCUT2D eigenvalue weighted by Crippen LogP contribution is 2.26. The summed E-state index contributed by atoms with van der Waals surface area (Å²) < 4.78 is 5.52. The van der Waals surface area contributed by atoms with Crippen molar-refractivity contribution in [3.63, 3.8) is 0 Å². The fourth-order valence-corrected chi connectivity index (χ4v) is 2.88. The number of ether oxygens (including phenoxy) is 1. The molecule has 6 heteroatoms. The Labute approximate surface area is 133 Å². The van der Waals surface area contributed by atoms with E-state index in [1.54, 1.807) is 0 Å². The average molecular weight is 313 g/mol. The molecule has 0 aromatic rings. The van der Waals surface area contributed by atoms with E-state index in [2.05, 4.69) is 5.32 Å². The van der Waals surface area contributed by atoms with Gasteiger partial charge in [0, 0.05) is 18.1 Å². The van der Waals surface area contributed by atoms with Crippen LogP contribution < -0.4 is 11.1 Å². The van der Waals surface area contributed by atoms with Crippen molar-refractivity contribution in [2.45, 2.75) is 84.0 Å². The van der Waals surface area contributed by atoms with Gasteiger partial charge in [0.25, 0.3) is 0 Å². The zero-order valence-corrected chi connectivity index (χ0v) is 14.5. The molecule has 0 heterocycles. The summed E-state index contributed by atoms with van der Waals surface area (Å²) in [4.78, 5) is 25.6. The predicted molar refractivity (Wildman–Crippen MR) is 86.5 cm³/mol. The van der Waals surface area contributed by atoms with E-state index in [-0.39, 0.29) is 36.7 Å². The highest BCUT2D eigenvalue weighted by atomic mass is 16.6. The molecule has 1 aliphatic carbocycles. The predicted octanol–water partition coefficient (Wildman–Crippen LogP) is 2.02. The summed E-state index contributed by atoms with van der Waals surface area (Å²) in [6.07, 6.45) is 3.21. The summed E-state index contributed by atoms with van der Waals surface area (Å²) in [5.41, 5.74) is 4.83. The molecule has 0 bridgehead atoms. The van der Waals surface area contributed by atoms with Crippen molar-refractivity contribution >= 4 is 12.0 Å². The third kappa shape index (κ3) is 5.83. The van der Waals surface area contributed by atoms with Crippen LogP contribution in [0.2, 0.25) is 0 Å². The Morgan fingerprint density at radius 2 is 1.77 bits per heavy atom. The topological polar surface area (TPSA) is 84.7 Å². The number of carbonyl (C=O) groups is 2. The van der Waals surface area contributed by atoms with Gasteiger partial charge in [-0.2, -0.15) is 0 Å². The lowest BCUT2D eigenvalue weighted by molar-refractivity contribution is -0.120. The third-order valence-electron chi connectivity index (χ3n) is 3.80. The van der Waals surface area contributed by atoms with Crippen molar-refractivity contribution in [1.29, 1.82) is 0 Å². The number of rotatable bonds is 4. The summed E-state index contributed by atoms with van der Waals surface area (Å²) in [5.74, 6) is -0.115. The van der Waals surface area contributed by atoms with Crippen LogP contribution in [-0.2, 0) is 9.53 Å². The highest BCUT2D eigenvalue weighted by Gasteiger charge is 2.33. The molecule has 1 rings (SSSR count). The number of hydrogen-bond acceptors (Lipinski definition) is 4. The van der Waals surface area contributed by atoms with Gasteiger partial charge in [-0.3, -0.25) is 4.79 Å². The van der Waals surface area contributed by atoms with Crippen molar-refractivity contribution in [1.82, 2.24) is 10.2 Å². The molecule has 0 aliphatic heterocycles. The third-order valence-corrected chi connectivity index (χ3v) is 3.80. The monoisotopic (exact) mass is 313 g/mol. The quantitative estimate of drug-likeness (QED) is 0.831. The number of nitrogens with one attached hydrogen (secondary N) is 1. The second-order valence-electron chi connectivity index (χ2n) is 7.26. The van der Waals surface area contributed by atoms with Gasteiger partial charge in [-0.05, 0) is 60.3 Å². The maximum absolute atomic E-state index is 12.4. The second kappa shape index (κ2) is 7.81. The molecular formula is C16H31N3O3. The van der Waals surface area contributed by atoms with Gasteiger partial charge in [-0.15, -0.1) is 0 Å². The Morgan fingerprint density at radius 3 is 2.18 bits per heavy atom. The summed E-state index contributed by atoms with van der Waals surface area (Å²) in [6, 6.07) is 0.427. The lowest BCUT2D eigenvalue weighted by atomic mass is 9.89. The minimum absolute atomic E-state index is 0.0238. The largest absolute Gasteiger partial charge is 0.444 e. The Bertz CT molecular complexity index is 383. The molecule has 0 radical (unpaired) electrons. The van der Waals surface area contributed by atoms with Crippen LogP contribution in [-0.4, -0.2) is 47.2 Å². The van der Waals surface area contributed by atoms with Crippen molar-refractivity contribution in [2.75, 3.05) is 6.54 Å². The number of carbonyl (C=O) groups excluding carboxylic acids is 2. The van der Waals surface area contributed by atoms with Crippen LogP contribution in [0.1, 0.15) is 60.3 Å².